The van der Waals surface area contributed by atoms with Crippen LogP contribution >= 0.6 is 11.6 Å². The van der Waals surface area contributed by atoms with E-state index in [-0.39, 0.29) is 27.9 Å². The van der Waals surface area contributed by atoms with E-state index in [1.165, 1.54) is 12.1 Å². The van der Waals surface area contributed by atoms with Crippen LogP contribution in [0.25, 0.3) is 0 Å². The molecule has 0 aliphatic heterocycles. The van der Waals surface area contributed by atoms with E-state index >= 15 is 0 Å². The summed E-state index contributed by atoms with van der Waals surface area (Å²) in [5, 5.41) is 10.9. The van der Waals surface area contributed by atoms with E-state index in [0.717, 1.165) is 12.8 Å². The molecule has 0 radical (unpaired) electrons. The molecule has 0 fully saturated rings. The molecular weight excluding hydrogens is 282 g/mol. The van der Waals surface area contributed by atoms with Gasteiger partial charge in [-0.15, -0.1) is 0 Å². The highest BCUT2D eigenvalue weighted by Gasteiger charge is 2.21. The fraction of sp³-hybridized carbons (Fsp3) is 0.462. The van der Waals surface area contributed by atoms with Crippen LogP contribution in [0.3, 0.4) is 0 Å². The molecule has 0 saturated carbocycles. The van der Waals surface area contributed by atoms with Gasteiger partial charge in [0.15, 0.2) is 0 Å². The Kier molecular flexibility index (Phi) is 5.76. The Bertz CT molecular complexity index is 520. The summed E-state index contributed by atoms with van der Waals surface area (Å²) in [6.45, 7) is 5.04. The molecule has 7 heteroatoms. The van der Waals surface area contributed by atoms with Gasteiger partial charge in [-0.1, -0.05) is 24.9 Å². The zero-order valence-corrected chi connectivity index (χ0v) is 12.3. The van der Waals surface area contributed by atoms with Crippen molar-refractivity contribution in [3.8, 4) is 0 Å². The van der Waals surface area contributed by atoms with Gasteiger partial charge in [-0.25, -0.2) is 0 Å². The maximum absolute atomic E-state index is 12.3. The normalized spacial score (nSPS) is 10.3. The van der Waals surface area contributed by atoms with Crippen LogP contribution in [0.1, 0.15) is 37.0 Å². The maximum Gasteiger partial charge on any atom is 0.294 e. The second kappa shape index (κ2) is 7.09. The molecule has 0 aromatic heterocycles. The van der Waals surface area contributed by atoms with Crippen LogP contribution < -0.4 is 5.73 Å². The fourth-order valence-corrected chi connectivity index (χ4v) is 2.03. The lowest BCUT2D eigenvalue weighted by molar-refractivity contribution is -0.383. The molecule has 0 atom stereocenters. The number of nitrogens with zero attached hydrogens (tertiary/aromatic N) is 2. The molecule has 0 spiro atoms. The van der Waals surface area contributed by atoms with Crippen molar-refractivity contribution in [2.24, 2.45) is 0 Å². The van der Waals surface area contributed by atoms with Crippen molar-refractivity contribution in [2.45, 2.75) is 26.7 Å². The third kappa shape index (κ3) is 3.60. The SMILES string of the molecule is CCCCN(CC)C(=O)c1cc(Cl)c(N)c([N+](=O)[O-])c1. The first-order valence-electron chi connectivity index (χ1n) is 6.45. The number of benzene rings is 1. The van der Waals surface area contributed by atoms with E-state index in [9.17, 15) is 14.9 Å². The van der Waals surface area contributed by atoms with E-state index in [2.05, 4.69) is 0 Å². The molecule has 0 saturated heterocycles. The first-order chi connectivity index (χ1) is 9.42. The first-order valence-corrected chi connectivity index (χ1v) is 6.82. The fourth-order valence-electron chi connectivity index (χ4n) is 1.81. The van der Waals surface area contributed by atoms with Gasteiger partial charge >= 0.3 is 0 Å². The van der Waals surface area contributed by atoms with Crippen LogP contribution in [0.5, 0.6) is 0 Å². The minimum Gasteiger partial charge on any atom is -0.392 e. The number of halogens is 1. The van der Waals surface area contributed by atoms with Gasteiger partial charge in [0.2, 0.25) is 0 Å². The molecule has 0 aliphatic carbocycles. The number of hydrogen-bond acceptors (Lipinski definition) is 4. The van der Waals surface area contributed by atoms with Crippen molar-refractivity contribution in [1.29, 1.82) is 0 Å². The molecule has 1 aromatic rings. The summed E-state index contributed by atoms with van der Waals surface area (Å²) < 4.78 is 0. The lowest BCUT2D eigenvalue weighted by Gasteiger charge is -2.20. The lowest BCUT2D eigenvalue weighted by Crippen LogP contribution is -2.31. The predicted octanol–water partition coefficient (Wildman–Crippen LogP) is 3.09. The summed E-state index contributed by atoms with van der Waals surface area (Å²) in [6, 6.07) is 2.55. The number of unbranched alkanes of at least 4 members (excludes halogenated alkanes) is 1. The van der Waals surface area contributed by atoms with Crippen LogP contribution in [0.4, 0.5) is 11.4 Å². The summed E-state index contributed by atoms with van der Waals surface area (Å²) in [7, 11) is 0. The minimum atomic E-state index is -0.639. The summed E-state index contributed by atoms with van der Waals surface area (Å²) in [4.78, 5) is 24.2. The number of nitro groups is 1. The molecule has 2 N–H and O–H groups in total. The molecule has 0 unspecified atom stereocenters. The molecular formula is C13H18ClN3O3. The number of rotatable bonds is 6. The molecule has 1 aromatic carbocycles. The van der Waals surface area contributed by atoms with Gasteiger partial charge in [0.25, 0.3) is 11.6 Å². The maximum atomic E-state index is 12.3. The van der Waals surface area contributed by atoms with Crippen LogP contribution in [0, 0.1) is 10.1 Å². The molecule has 1 rings (SSSR count). The highest BCUT2D eigenvalue weighted by Crippen LogP contribution is 2.31. The average Bonchev–Trinajstić information content (AvgIpc) is 2.41. The molecule has 0 aliphatic rings. The number of carbonyl (C=O) groups excluding carboxylic acids is 1. The Morgan fingerprint density at radius 1 is 1.45 bits per heavy atom. The third-order valence-corrected chi connectivity index (χ3v) is 3.31. The van der Waals surface area contributed by atoms with Gasteiger partial charge in [-0.05, 0) is 19.4 Å². The van der Waals surface area contributed by atoms with Crippen molar-refractivity contribution in [1.82, 2.24) is 4.90 Å². The number of nitrogens with two attached hydrogens (primary N) is 1. The van der Waals surface area contributed by atoms with Gasteiger partial charge in [-0.3, -0.25) is 14.9 Å². The van der Waals surface area contributed by atoms with Gasteiger partial charge in [0.1, 0.15) is 5.69 Å². The zero-order chi connectivity index (χ0) is 15.3. The van der Waals surface area contributed by atoms with E-state index < -0.39 is 4.92 Å². The van der Waals surface area contributed by atoms with Gasteiger partial charge < -0.3 is 10.6 Å². The highest BCUT2D eigenvalue weighted by atomic mass is 35.5. The van der Waals surface area contributed by atoms with E-state index in [0.29, 0.717) is 13.1 Å². The molecule has 0 heterocycles. The Balaban J connectivity index is 3.12. The lowest BCUT2D eigenvalue weighted by atomic mass is 10.1. The van der Waals surface area contributed by atoms with E-state index in [1.54, 1.807) is 4.90 Å². The molecule has 6 nitrogen and oxygen atoms in total. The monoisotopic (exact) mass is 299 g/mol. The summed E-state index contributed by atoms with van der Waals surface area (Å²) >= 11 is 5.86. The van der Waals surface area contributed by atoms with Crippen molar-refractivity contribution < 1.29 is 9.72 Å². The number of hydrogen-bond donors (Lipinski definition) is 1. The Labute approximate surface area is 122 Å². The highest BCUT2D eigenvalue weighted by molar-refractivity contribution is 6.34. The van der Waals surface area contributed by atoms with Crippen molar-refractivity contribution in [3.63, 3.8) is 0 Å². The van der Waals surface area contributed by atoms with Crippen LogP contribution in [0.15, 0.2) is 12.1 Å². The van der Waals surface area contributed by atoms with Crippen LogP contribution in [0.2, 0.25) is 5.02 Å². The quantitative estimate of drug-likeness (QED) is 0.496. The Morgan fingerprint density at radius 2 is 2.10 bits per heavy atom. The average molecular weight is 300 g/mol. The standard InChI is InChI=1S/C13H18ClN3O3/c1-3-5-6-16(4-2)13(18)9-7-10(14)12(15)11(8-9)17(19)20/h7-8H,3-6,15H2,1-2H3. The van der Waals surface area contributed by atoms with Gasteiger partial charge in [0, 0.05) is 24.7 Å². The van der Waals surface area contributed by atoms with Crippen molar-refractivity contribution in [2.75, 3.05) is 18.8 Å². The summed E-state index contributed by atoms with van der Waals surface area (Å²) in [5.41, 5.74) is 5.27. The number of amides is 1. The Hall–Kier alpha value is -1.82. The number of nitrogen functional groups attached to an aromatic ring is 1. The van der Waals surface area contributed by atoms with Crippen molar-refractivity contribution >= 4 is 28.9 Å². The number of nitro benzene ring substituents is 1. The summed E-state index contributed by atoms with van der Waals surface area (Å²) in [6.07, 6.45) is 1.84. The molecule has 1 amide bonds. The topological polar surface area (TPSA) is 89.5 Å². The second-order valence-electron chi connectivity index (χ2n) is 4.39. The zero-order valence-electron chi connectivity index (χ0n) is 11.6. The smallest absolute Gasteiger partial charge is 0.294 e. The van der Waals surface area contributed by atoms with E-state index in [4.69, 9.17) is 17.3 Å². The molecule has 20 heavy (non-hydrogen) atoms. The second-order valence-corrected chi connectivity index (χ2v) is 4.79. The Morgan fingerprint density at radius 3 is 2.60 bits per heavy atom. The minimum absolute atomic E-state index is 0.0223. The third-order valence-electron chi connectivity index (χ3n) is 3.00. The van der Waals surface area contributed by atoms with E-state index in [1.807, 2.05) is 13.8 Å². The van der Waals surface area contributed by atoms with Crippen LogP contribution in [-0.4, -0.2) is 28.8 Å². The first kappa shape index (κ1) is 16.2. The van der Waals surface area contributed by atoms with Gasteiger partial charge in [0.05, 0.1) is 9.95 Å². The largest absolute Gasteiger partial charge is 0.392 e. The number of anilines is 1. The molecule has 0 bridgehead atoms. The number of carbonyl (C=O) groups is 1. The van der Waals surface area contributed by atoms with Gasteiger partial charge in [-0.2, -0.15) is 0 Å². The predicted molar refractivity (Wildman–Crippen MR) is 79.0 cm³/mol. The van der Waals surface area contributed by atoms with Crippen molar-refractivity contribution in [3.05, 3.63) is 32.8 Å². The van der Waals surface area contributed by atoms with Crippen LogP contribution in [-0.2, 0) is 0 Å². The summed E-state index contributed by atoms with van der Waals surface area (Å²) in [5.74, 6) is -0.272. The molecule has 110 valence electrons.